The van der Waals surface area contributed by atoms with E-state index in [0.717, 1.165) is 0 Å². The van der Waals surface area contributed by atoms with E-state index in [4.69, 9.17) is 5.73 Å². The highest BCUT2D eigenvalue weighted by Crippen LogP contribution is 2.12. The van der Waals surface area contributed by atoms with Crippen LogP contribution in [0, 0.1) is 0 Å². The van der Waals surface area contributed by atoms with Crippen LogP contribution in [0.2, 0.25) is 0 Å². The van der Waals surface area contributed by atoms with E-state index in [9.17, 15) is 4.79 Å². The Kier molecular flexibility index (Phi) is 4.78. The van der Waals surface area contributed by atoms with Gasteiger partial charge in [-0.25, -0.2) is 0 Å². The third-order valence-corrected chi connectivity index (χ3v) is 3.24. The van der Waals surface area contributed by atoms with E-state index in [1.165, 1.54) is 4.88 Å². The molecule has 0 bridgehead atoms. The zero-order chi connectivity index (χ0) is 11.3. The third-order valence-electron chi connectivity index (χ3n) is 2.38. The van der Waals surface area contributed by atoms with Crippen LogP contribution in [0.15, 0.2) is 17.5 Å². The highest BCUT2D eigenvalue weighted by molar-refractivity contribution is 7.09. The van der Waals surface area contributed by atoms with Gasteiger partial charge in [-0.2, -0.15) is 0 Å². The number of carbonyl (C=O) groups excluding carboxylic acids is 1. The molecule has 1 heterocycles. The molecular weight excluding hydrogens is 208 g/mol. The fraction of sp³-hybridized carbons (Fsp3) is 0.545. The number of likely N-dealkylation sites (N-methyl/N-ethyl adjacent to an activating group) is 1. The van der Waals surface area contributed by atoms with Crippen LogP contribution in [0.25, 0.3) is 0 Å². The van der Waals surface area contributed by atoms with Gasteiger partial charge in [-0.15, -0.1) is 11.3 Å². The van der Waals surface area contributed by atoms with Gasteiger partial charge in [0.2, 0.25) is 5.91 Å². The molecule has 1 aromatic heterocycles. The summed E-state index contributed by atoms with van der Waals surface area (Å²) in [5.74, 6) is 0.0494. The number of nitrogens with two attached hydrogens (primary N) is 1. The monoisotopic (exact) mass is 226 g/mol. The number of rotatable bonds is 5. The van der Waals surface area contributed by atoms with E-state index in [0.29, 0.717) is 19.5 Å². The Labute approximate surface area is 94.9 Å². The molecule has 2 N–H and O–H groups in total. The normalized spacial score (nSPS) is 12.5. The summed E-state index contributed by atoms with van der Waals surface area (Å²) in [6.07, 6.45) is 0.694. The first-order valence-electron chi connectivity index (χ1n) is 5.25. The lowest BCUT2D eigenvalue weighted by atomic mass is 10.2. The van der Waals surface area contributed by atoms with Gasteiger partial charge in [0.05, 0.1) is 12.6 Å². The minimum absolute atomic E-state index is 0.0494. The van der Waals surface area contributed by atoms with Crippen LogP contribution in [0.1, 0.15) is 25.1 Å². The summed E-state index contributed by atoms with van der Waals surface area (Å²) in [4.78, 5) is 14.8. The first-order chi connectivity index (χ1) is 7.19. The lowest BCUT2D eigenvalue weighted by Gasteiger charge is -2.23. The molecule has 0 aromatic carbocycles. The molecule has 1 rings (SSSR count). The number of nitrogens with zero attached hydrogens (tertiary/aromatic N) is 1. The topological polar surface area (TPSA) is 46.3 Å². The zero-order valence-corrected chi connectivity index (χ0v) is 10.1. The number of carbonyl (C=O) groups is 1. The molecule has 0 aliphatic heterocycles. The standard InChI is InChI=1S/C11H18N2OS/c1-3-10(12)11(14)13(4-2)8-9-6-5-7-15-9/h5-7,10H,3-4,8,12H2,1-2H3/t10-/m1/s1. The highest BCUT2D eigenvalue weighted by atomic mass is 32.1. The van der Waals surface area contributed by atoms with Crippen molar-refractivity contribution < 1.29 is 4.79 Å². The van der Waals surface area contributed by atoms with Crippen molar-refractivity contribution in [2.24, 2.45) is 5.73 Å². The van der Waals surface area contributed by atoms with E-state index in [1.54, 1.807) is 16.2 Å². The Morgan fingerprint density at radius 1 is 1.60 bits per heavy atom. The minimum Gasteiger partial charge on any atom is -0.336 e. The maximum Gasteiger partial charge on any atom is 0.239 e. The van der Waals surface area contributed by atoms with E-state index in [2.05, 4.69) is 0 Å². The van der Waals surface area contributed by atoms with Crippen molar-refractivity contribution >= 4 is 17.2 Å². The molecule has 0 radical (unpaired) electrons. The van der Waals surface area contributed by atoms with Crippen molar-refractivity contribution in [2.75, 3.05) is 6.54 Å². The van der Waals surface area contributed by atoms with Crippen molar-refractivity contribution in [3.63, 3.8) is 0 Å². The molecule has 0 aliphatic carbocycles. The van der Waals surface area contributed by atoms with E-state index < -0.39 is 0 Å². The summed E-state index contributed by atoms with van der Waals surface area (Å²) in [6, 6.07) is 3.68. The number of hydrogen-bond acceptors (Lipinski definition) is 3. The average molecular weight is 226 g/mol. The quantitative estimate of drug-likeness (QED) is 0.832. The summed E-state index contributed by atoms with van der Waals surface area (Å²) in [7, 11) is 0. The molecule has 0 saturated carbocycles. The Morgan fingerprint density at radius 2 is 2.33 bits per heavy atom. The van der Waals surface area contributed by atoms with Crippen LogP contribution in [0.4, 0.5) is 0 Å². The van der Waals surface area contributed by atoms with Gasteiger partial charge in [-0.3, -0.25) is 4.79 Å². The Morgan fingerprint density at radius 3 is 2.80 bits per heavy atom. The van der Waals surface area contributed by atoms with Gasteiger partial charge in [0.25, 0.3) is 0 Å². The summed E-state index contributed by atoms with van der Waals surface area (Å²) in [6.45, 7) is 5.31. The van der Waals surface area contributed by atoms with Crippen LogP contribution in [0.5, 0.6) is 0 Å². The van der Waals surface area contributed by atoms with Gasteiger partial charge in [0, 0.05) is 11.4 Å². The van der Waals surface area contributed by atoms with Crippen molar-refractivity contribution in [1.82, 2.24) is 4.90 Å². The summed E-state index contributed by atoms with van der Waals surface area (Å²) in [5.41, 5.74) is 5.73. The summed E-state index contributed by atoms with van der Waals surface area (Å²) in [5, 5.41) is 2.02. The summed E-state index contributed by atoms with van der Waals surface area (Å²) < 4.78 is 0. The van der Waals surface area contributed by atoms with Crippen LogP contribution < -0.4 is 5.73 Å². The maximum atomic E-state index is 11.8. The first kappa shape index (κ1) is 12.2. The predicted octanol–water partition coefficient (Wildman–Crippen LogP) is 1.83. The molecule has 0 aliphatic rings. The molecule has 15 heavy (non-hydrogen) atoms. The van der Waals surface area contributed by atoms with Gasteiger partial charge in [0.1, 0.15) is 0 Å². The molecule has 0 saturated heterocycles. The SMILES string of the molecule is CC[C@@H](N)C(=O)N(CC)Cc1cccs1. The highest BCUT2D eigenvalue weighted by Gasteiger charge is 2.18. The molecule has 4 heteroatoms. The van der Waals surface area contributed by atoms with Crippen LogP contribution in [-0.2, 0) is 11.3 Å². The van der Waals surface area contributed by atoms with Crippen molar-refractivity contribution in [2.45, 2.75) is 32.9 Å². The van der Waals surface area contributed by atoms with Gasteiger partial charge in [-0.1, -0.05) is 13.0 Å². The summed E-state index contributed by atoms with van der Waals surface area (Å²) >= 11 is 1.67. The van der Waals surface area contributed by atoms with Gasteiger partial charge >= 0.3 is 0 Å². The fourth-order valence-electron chi connectivity index (χ4n) is 1.35. The molecule has 3 nitrogen and oxygen atoms in total. The second kappa shape index (κ2) is 5.88. The average Bonchev–Trinajstić information content (AvgIpc) is 2.76. The molecule has 1 amide bonds. The largest absolute Gasteiger partial charge is 0.336 e. The molecule has 0 unspecified atom stereocenters. The molecule has 1 aromatic rings. The predicted molar refractivity (Wildman–Crippen MR) is 63.7 cm³/mol. The van der Waals surface area contributed by atoms with Crippen molar-refractivity contribution in [3.8, 4) is 0 Å². The van der Waals surface area contributed by atoms with E-state index in [-0.39, 0.29) is 11.9 Å². The fourth-order valence-corrected chi connectivity index (χ4v) is 2.06. The maximum absolute atomic E-state index is 11.8. The van der Waals surface area contributed by atoms with Gasteiger partial charge < -0.3 is 10.6 Å². The number of thiophene rings is 1. The lowest BCUT2D eigenvalue weighted by molar-refractivity contribution is -0.133. The van der Waals surface area contributed by atoms with Crippen LogP contribution in [0.3, 0.4) is 0 Å². The smallest absolute Gasteiger partial charge is 0.239 e. The second-order valence-corrected chi connectivity index (χ2v) is 4.48. The first-order valence-corrected chi connectivity index (χ1v) is 6.13. The number of hydrogen-bond donors (Lipinski definition) is 1. The minimum atomic E-state index is -0.357. The lowest BCUT2D eigenvalue weighted by Crippen LogP contribution is -2.42. The van der Waals surface area contributed by atoms with Crippen molar-refractivity contribution in [3.05, 3.63) is 22.4 Å². The zero-order valence-electron chi connectivity index (χ0n) is 9.27. The van der Waals surface area contributed by atoms with Gasteiger partial charge in [-0.05, 0) is 24.8 Å². The molecule has 1 atom stereocenters. The third kappa shape index (κ3) is 3.32. The Bertz CT molecular complexity index is 298. The Balaban J connectivity index is 2.60. The van der Waals surface area contributed by atoms with Crippen LogP contribution >= 0.6 is 11.3 Å². The molecule has 0 spiro atoms. The molecule has 84 valence electrons. The molecule has 0 fully saturated rings. The van der Waals surface area contributed by atoms with E-state index in [1.807, 2.05) is 31.4 Å². The van der Waals surface area contributed by atoms with Gasteiger partial charge in [0.15, 0.2) is 0 Å². The van der Waals surface area contributed by atoms with Crippen molar-refractivity contribution in [1.29, 1.82) is 0 Å². The second-order valence-electron chi connectivity index (χ2n) is 3.45. The molecular formula is C11H18N2OS. The van der Waals surface area contributed by atoms with E-state index >= 15 is 0 Å². The van der Waals surface area contributed by atoms with Crippen LogP contribution in [-0.4, -0.2) is 23.4 Å². The number of amides is 1. The Hall–Kier alpha value is -0.870.